The Morgan fingerprint density at radius 1 is 1.56 bits per heavy atom. The molecular formula is C14H19BrINO. The van der Waals surface area contributed by atoms with E-state index >= 15 is 0 Å². The normalized spacial score (nSPS) is 28.1. The van der Waals surface area contributed by atoms with Crippen LogP contribution in [0.1, 0.15) is 33.1 Å². The minimum atomic E-state index is 0.0351. The highest BCUT2D eigenvalue weighted by Gasteiger charge is 2.31. The Kier molecular flexibility index (Phi) is 4.94. The molecule has 1 aliphatic heterocycles. The van der Waals surface area contributed by atoms with Crippen LogP contribution in [0.5, 0.6) is 0 Å². The summed E-state index contributed by atoms with van der Waals surface area (Å²) in [7, 11) is 0. The van der Waals surface area contributed by atoms with Crippen molar-refractivity contribution in [2.45, 2.75) is 44.8 Å². The lowest BCUT2D eigenvalue weighted by atomic mass is 9.90. The van der Waals surface area contributed by atoms with E-state index < -0.39 is 0 Å². The molecule has 2 atom stereocenters. The first-order valence-electron chi connectivity index (χ1n) is 6.38. The van der Waals surface area contributed by atoms with E-state index in [1.165, 1.54) is 9.26 Å². The second-order valence-electron chi connectivity index (χ2n) is 5.11. The Balaban J connectivity index is 2.07. The smallest absolute Gasteiger partial charge is 0.0671 e. The van der Waals surface area contributed by atoms with Gasteiger partial charge >= 0.3 is 0 Å². The largest absolute Gasteiger partial charge is 0.381 e. The van der Waals surface area contributed by atoms with E-state index in [2.05, 4.69) is 75.9 Å². The van der Waals surface area contributed by atoms with Crippen molar-refractivity contribution in [1.82, 2.24) is 0 Å². The molecule has 4 heteroatoms. The maximum atomic E-state index is 5.89. The first-order valence-corrected chi connectivity index (χ1v) is 8.25. The second kappa shape index (κ2) is 6.09. The molecule has 0 spiro atoms. The third-order valence-corrected chi connectivity index (χ3v) is 5.06. The van der Waals surface area contributed by atoms with Gasteiger partial charge in [0.05, 0.1) is 5.60 Å². The molecule has 2 unspecified atom stereocenters. The minimum absolute atomic E-state index is 0.0351. The van der Waals surface area contributed by atoms with Crippen LogP contribution in [0, 0.1) is 3.57 Å². The van der Waals surface area contributed by atoms with Crippen LogP contribution in [0.25, 0.3) is 0 Å². The average Bonchev–Trinajstić information content (AvgIpc) is 2.34. The van der Waals surface area contributed by atoms with Crippen molar-refractivity contribution in [2.24, 2.45) is 0 Å². The van der Waals surface area contributed by atoms with Crippen LogP contribution in [0.3, 0.4) is 0 Å². The first-order chi connectivity index (χ1) is 8.52. The zero-order chi connectivity index (χ0) is 13.2. The number of rotatable bonds is 3. The van der Waals surface area contributed by atoms with E-state index in [9.17, 15) is 0 Å². The lowest BCUT2D eigenvalue weighted by molar-refractivity contribution is -0.0708. The second-order valence-corrected chi connectivity index (χ2v) is 7.19. The standard InChI is InChI=1S/C14H19BrINO/c1-3-14(2)9-11(6-7-18-14)17-13-8-10(15)4-5-12(13)16/h4-5,8,11,17H,3,6-7,9H2,1-2H3. The van der Waals surface area contributed by atoms with Gasteiger partial charge in [-0.15, -0.1) is 0 Å². The van der Waals surface area contributed by atoms with Crippen LogP contribution < -0.4 is 5.32 Å². The Morgan fingerprint density at radius 2 is 2.33 bits per heavy atom. The molecule has 0 saturated carbocycles. The van der Waals surface area contributed by atoms with Crippen molar-refractivity contribution in [1.29, 1.82) is 0 Å². The molecule has 2 rings (SSSR count). The summed E-state index contributed by atoms with van der Waals surface area (Å²) in [5.41, 5.74) is 1.25. The highest BCUT2D eigenvalue weighted by atomic mass is 127. The number of ether oxygens (including phenoxy) is 1. The van der Waals surface area contributed by atoms with Crippen LogP contribution in [0.15, 0.2) is 22.7 Å². The van der Waals surface area contributed by atoms with Gasteiger partial charge < -0.3 is 10.1 Å². The SMILES string of the molecule is CCC1(C)CC(Nc2cc(Br)ccc2I)CCO1. The summed E-state index contributed by atoms with van der Waals surface area (Å²) >= 11 is 5.91. The van der Waals surface area contributed by atoms with Crippen molar-refractivity contribution < 1.29 is 4.74 Å². The van der Waals surface area contributed by atoms with E-state index in [-0.39, 0.29) is 5.60 Å². The van der Waals surface area contributed by atoms with Gasteiger partial charge in [0.25, 0.3) is 0 Å². The molecule has 0 amide bonds. The molecule has 0 radical (unpaired) electrons. The third kappa shape index (κ3) is 3.61. The number of nitrogens with one attached hydrogen (secondary N) is 1. The van der Waals surface area contributed by atoms with Crippen molar-refractivity contribution >= 4 is 44.2 Å². The van der Waals surface area contributed by atoms with Crippen molar-refractivity contribution in [3.63, 3.8) is 0 Å². The molecule has 18 heavy (non-hydrogen) atoms. The molecule has 1 N–H and O–H groups in total. The van der Waals surface area contributed by atoms with Crippen LogP contribution in [0.2, 0.25) is 0 Å². The zero-order valence-corrected chi connectivity index (χ0v) is 14.5. The van der Waals surface area contributed by atoms with Gasteiger partial charge in [-0.2, -0.15) is 0 Å². The molecule has 0 aromatic heterocycles. The number of hydrogen-bond donors (Lipinski definition) is 1. The summed E-state index contributed by atoms with van der Waals surface area (Å²) in [4.78, 5) is 0. The topological polar surface area (TPSA) is 21.3 Å². The molecule has 1 aliphatic rings. The molecule has 1 aromatic rings. The molecular weight excluding hydrogens is 405 g/mol. The number of benzene rings is 1. The average molecular weight is 424 g/mol. The predicted molar refractivity (Wildman–Crippen MR) is 88.2 cm³/mol. The van der Waals surface area contributed by atoms with Gasteiger partial charge in [-0.05, 0) is 67.0 Å². The van der Waals surface area contributed by atoms with E-state index in [0.717, 1.165) is 30.3 Å². The van der Waals surface area contributed by atoms with Crippen molar-refractivity contribution in [3.8, 4) is 0 Å². The van der Waals surface area contributed by atoms with E-state index in [0.29, 0.717) is 6.04 Å². The Bertz CT molecular complexity index is 426. The molecule has 1 fully saturated rings. The van der Waals surface area contributed by atoms with Crippen LogP contribution in [-0.2, 0) is 4.74 Å². The summed E-state index contributed by atoms with van der Waals surface area (Å²) in [5.74, 6) is 0. The van der Waals surface area contributed by atoms with E-state index in [1.54, 1.807) is 0 Å². The molecule has 1 aromatic carbocycles. The highest BCUT2D eigenvalue weighted by molar-refractivity contribution is 14.1. The van der Waals surface area contributed by atoms with Gasteiger partial charge in [0, 0.05) is 26.4 Å². The minimum Gasteiger partial charge on any atom is -0.381 e. The summed E-state index contributed by atoms with van der Waals surface area (Å²) < 4.78 is 8.27. The molecule has 1 heterocycles. The number of halogens is 2. The third-order valence-electron chi connectivity index (χ3n) is 3.63. The molecule has 2 nitrogen and oxygen atoms in total. The summed E-state index contributed by atoms with van der Waals surface area (Å²) in [6.07, 6.45) is 3.23. The van der Waals surface area contributed by atoms with Gasteiger partial charge in [-0.1, -0.05) is 22.9 Å². The number of hydrogen-bond acceptors (Lipinski definition) is 2. The maximum absolute atomic E-state index is 5.89. The van der Waals surface area contributed by atoms with Crippen LogP contribution in [-0.4, -0.2) is 18.2 Å². The fraction of sp³-hybridized carbons (Fsp3) is 0.571. The van der Waals surface area contributed by atoms with Gasteiger partial charge in [0.2, 0.25) is 0 Å². The predicted octanol–water partition coefficient (Wildman–Crippen LogP) is 4.81. The zero-order valence-electron chi connectivity index (χ0n) is 10.8. The van der Waals surface area contributed by atoms with Gasteiger partial charge in [-0.3, -0.25) is 0 Å². The van der Waals surface area contributed by atoms with Crippen molar-refractivity contribution in [2.75, 3.05) is 11.9 Å². The number of anilines is 1. The first kappa shape index (κ1) is 14.6. The Morgan fingerprint density at radius 3 is 3.06 bits per heavy atom. The van der Waals surface area contributed by atoms with E-state index in [4.69, 9.17) is 4.74 Å². The summed E-state index contributed by atoms with van der Waals surface area (Å²) in [6.45, 7) is 5.27. The lowest BCUT2D eigenvalue weighted by Gasteiger charge is -2.38. The molecule has 100 valence electrons. The fourth-order valence-electron chi connectivity index (χ4n) is 2.33. The van der Waals surface area contributed by atoms with Gasteiger partial charge in [0.1, 0.15) is 0 Å². The van der Waals surface area contributed by atoms with E-state index in [1.807, 2.05) is 0 Å². The lowest BCUT2D eigenvalue weighted by Crippen LogP contribution is -2.41. The molecule has 0 bridgehead atoms. The van der Waals surface area contributed by atoms with Crippen LogP contribution in [0.4, 0.5) is 5.69 Å². The monoisotopic (exact) mass is 423 g/mol. The maximum Gasteiger partial charge on any atom is 0.0671 e. The highest BCUT2D eigenvalue weighted by Crippen LogP contribution is 2.31. The van der Waals surface area contributed by atoms with Crippen LogP contribution >= 0.6 is 38.5 Å². The summed E-state index contributed by atoms with van der Waals surface area (Å²) in [6, 6.07) is 6.87. The molecule has 0 aliphatic carbocycles. The Hall–Kier alpha value is 0.190. The summed E-state index contributed by atoms with van der Waals surface area (Å²) in [5, 5.41) is 3.66. The molecule has 1 saturated heterocycles. The quantitative estimate of drug-likeness (QED) is 0.704. The van der Waals surface area contributed by atoms with Crippen molar-refractivity contribution in [3.05, 3.63) is 26.2 Å². The van der Waals surface area contributed by atoms with Gasteiger partial charge in [0.15, 0.2) is 0 Å². The fourth-order valence-corrected chi connectivity index (χ4v) is 3.18. The van der Waals surface area contributed by atoms with Gasteiger partial charge in [-0.25, -0.2) is 0 Å². The Labute approximate surface area is 131 Å².